The molecule has 1 aromatic rings. The van der Waals surface area contributed by atoms with E-state index in [-0.39, 0.29) is 36.1 Å². The van der Waals surface area contributed by atoms with Crippen LogP contribution in [-0.2, 0) is 14.4 Å². The Morgan fingerprint density at radius 3 is 2.59 bits per heavy atom. The second-order valence-electron chi connectivity index (χ2n) is 5.53. The van der Waals surface area contributed by atoms with E-state index in [1.807, 2.05) is 17.5 Å². The molecule has 7 heteroatoms. The van der Waals surface area contributed by atoms with E-state index in [2.05, 4.69) is 5.32 Å². The molecule has 3 amide bonds. The highest BCUT2D eigenvalue weighted by Gasteiger charge is 2.28. The van der Waals surface area contributed by atoms with Crippen molar-refractivity contribution in [2.45, 2.75) is 32.2 Å². The Labute approximate surface area is 133 Å². The average Bonchev–Trinajstić information content (AvgIpc) is 3.00. The number of nitrogens with one attached hydrogen (secondary N) is 1. The highest BCUT2D eigenvalue weighted by atomic mass is 32.1. The number of nitrogens with zero attached hydrogens (tertiary/aromatic N) is 1. The van der Waals surface area contributed by atoms with Gasteiger partial charge in [-0.05, 0) is 24.3 Å². The Bertz CT molecular complexity index is 536. The largest absolute Gasteiger partial charge is 0.369 e. The first-order valence-corrected chi connectivity index (χ1v) is 8.23. The summed E-state index contributed by atoms with van der Waals surface area (Å²) < 4.78 is 0. The van der Waals surface area contributed by atoms with E-state index in [9.17, 15) is 14.4 Å². The topological polar surface area (TPSA) is 92.5 Å². The van der Waals surface area contributed by atoms with E-state index < -0.39 is 0 Å². The lowest BCUT2D eigenvalue weighted by molar-refractivity contribution is -0.135. The lowest BCUT2D eigenvalue weighted by Gasteiger charge is -2.31. The number of hydrogen-bond acceptors (Lipinski definition) is 4. The van der Waals surface area contributed by atoms with Crippen LogP contribution >= 0.6 is 11.3 Å². The Hall–Kier alpha value is -1.89. The number of thiophene rings is 1. The van der Waals surface area contributed by atoms with Crippen LogP contribution in [0.25, 0.3) is 0 Å². The highest BCUT2D eigenvalue weighted by Crippen LogP contribution is 2.24. The van der Waals surface area contributed by atoms with Crippen molar-refractivity contribution in [2.75, 3.05) is 13.1 Å². The quantitative estimate of drug-likeness (QED) is 0.848. The summed E-state index contributed by atoms with van der Waals surface area (Å²) in [6.45, 7) is 2.54. The average molecular weight is 323 g/mol. The molecule has 0 saturated carbocycles. The van der Waals surface area contributed by atoms with E-state index in [0.29, 0.717) is 25.9 Å². The molecular weight excluding hydrogens is 302 g/mol. The van der Waals surface area contributed by atoms with Crippen molar-refractivity contribution in [1.82, 2.24) is 10.2 Å². The number of likely N-dealkylation sites (tertiary alicyclic amines) is 1. The van der Waals surface area contributed by atoms with Crippen LogP contribution in [0.4, 0.5) is 0 Å². The van der Waals surface area contributed by atoms with Gasteiger partial charge in [0.2, 0.25) is 17.7 Å². The number of nitrogens with two attached hydrogens (primary N) is 1. The molecule has 1 aliphatic rings. The van der Waals surface area contributed by atoms with Crippen LogP contribution in [0.2, 0.25) is 0 Å². The molecule has 2 heterocycles. The summed E-state index contributed by atoms with van der Waals surface area (Å²) in [4.78, 5) is 37.6. The van der Waals surface area contributed by atoms with Gasteiger partial charge in [-0.2, -0.15) is 0 Å². The van der Waals surface area contributed by atoms with E-state index >= 15 is 0 Å². The zero-order valence-electron chi connectivity index (χ0n) is 12.6. The minimum absolute atomic E-state index is 0.00456. The second-order valence-corrected chi connectivity index (χ2v) is 6.51. The maximum Gasteiger partial charge on any atom is 0.225 e. The number of rotatable bonds is 5. The molecule has 0 radical (unpaired) electrons. The fourth-order valence-electron chi connectivity index (χ4n) is 2.67. The van der Waals surface area contributed by atoms with Crippen LogP contribution in [0.5, 0.6) is 0 Å². The number of carbonyl (C=O) groups excluding carboxylic acids is 3. The summed E-state index contributed by atoms with van der Waals surface area (Å²) in [6, 6.07) is 3.52. The summed E-state index contributed by atoms with van der Waals surface area (Å²) in [6.07, 6.45) is 1.47. The molecule has 0 bridgehead atoms. The molecular formula is C15H21N3O3S. The zero-order chi connectivity index (χ0) is 16.1. The van der Waals surface area contributed by atoms with Gasteiger partial charge in [0, 0.05) is 30.8 Å². The first-order chi connectivity index (χ1) is 10.5. The van der Waals surface area contributed by atoms with Crippen LogP contribution in [0.1, 0.15) is 37.1 Å². The Balaban J connectivity index is 1.94. The van der Waals surface area contributed by atoms with Crippen LogP contribution in [0, 0.1) is 5.92 Å². The zero-order valence-corrected chi connectivity index (χ0v) is 13.4. The van der Waals surface area contributed by atoms with Gasteiger partial charge in [0.1, 0.15) is 0 Å². The molecule has 120 valence electrons. The van der Waals surface area contributed by atoms with Crippen LogP contribution in [-0.4, -0.2) is 35.7 Å². The van der Waals surface area contributed by atoms with Gasteiger partial charge in [-0.3, -0.25) is 14.4 Å². The van der Waals surface area contributed by atoms with Crippen molar-refractivity contribution in [3.05, 3.63) is 22.4 Å². The van der Waals surface area contributed by atoms with Gasteiger partial charge >= 0.3 is 0 Å². The van der Waals surface area contributed by atoms with Gasteiger partial charge in [0.15, 0.2) is 0 Å². The van der Waals surface area contributed by atoms with Crippen molar-refractivity contribution in [3.63, 3.8) is 0 Å². The van der Waals surface area contributed by atoms with Gasteiger partial charge in [0.25, 0.3) is 0 Å². The van der Waals surface area contributed by atoms with Crippen LogP contribution in [0.3, 0.4) is 0 Å². The van der Waals surface area contributed by atoms with Crippen molar-refractivity contribution < 1.29 is 14.4 Å². The van der Waals surface area contributed by atoms with Gasteiger partial charge < -0.3 is 16.0 Å². The predicted octanol–water partition coefficient (Wildman–Crippen LogP) is 1.04. The minimum Gasteiger partial charge on any atom is -0.369 e. The summed E-state index contributed by atoms with van der Waals surface area (Å²) in [5.74, 6) is -0.581. The first kappa shape index (κ1) is 16.5. The summed E-state index contributed by atoms with van der Waals surface area (Å²) >= 11 is 1.52. The first-order valence-electron chi connectivity index (χ1n) is 7.35. The molecule has 1 atom stereocenters. The number of piperidine rings is 1. The van der Waals surface area contributed by atoms with Crippen molar-refractivity contribution in [2.24, 2.45) is 11.7 Å². The third-order valence-electron chi connectivity index (χ3n) is 3.89. The standard InChI is InChI=1S/C15H21N3O3S/c1-10(19)17-12(13-3-2-8-22-13)9-14(20)18-6-4-11(5-7-18)15(16)21/h2-3,8,11-12H,4-7,9H2,1H3,(H2,16,21)(H,17,19)/t12-/m0/s1. The molecule has 6 nitrogen and oxygen atoms in total. The van der Waals surface area contributed by atoms with Crippen molar-refractivity contribution in [1.29, 1.82) is 0 Å². The Morgan fingerprint density at radius 2 is 2.09 bits per heavy atom. The monoisotopic (exact) mass is 323 g/mol. The lowest BCUT2D eigenvalue weighted by Crippen LogP contribution is -2.43. The van der Waals surface area contributed by atoms with Gasteiger partial charge in [-0.15, -0.1) is 11.3 Å². The van der Waals surface area contributed by atoms with E-state index in [1.54, 1.807) is 4.90 Å². The second kappa shape index (κ2) is 7.40. The molecule has 0 unspecified atom stereocenters. The predicted molar refractivity (Wildman–Crippen MR) is 84.0 cm³/mol. The SMILES string of the molecule is CC(=O)N[C@@H](CC(=O)N1CCC(C(N)=O)CC1)c1cccs1. The maximum atomic E-state index is 12.4. The van der Waals surface area contributed by atoms with Crippen LogP contribution in [0.15, 0.2) is 17.5 Å². The molecule has 1 aromatic heterocycles. The Kier molecular flexibility index (Phi) is 5.54. The highest BCUT2D eigenvalue weighted by molar-refractivity contribution is 7.10. The number of amides is 3. The van der Waals surface area contributed by atoms with Crippen LogP contribution < -0.4 is 11.1 Å². The van der Waals surface area contributed by atoms with Crippen molar-refractivity contribution in [3.8, 4) is 0 Å². The van der Waals surface area contributed by atoms with Crippen molar-refractivity contribution >= 4 is 29.1 Å². The summed E-state index contributed by atoms with van der Waals surface area (Å²) in [5, 5.41) is 4.75. The van der Waals surface area contributed by atoms with E-state index in [0.717, 1.165) is 4.88 Å². The molecule has 1 fully saturated rings. The number of primary amides is 1. The molecule has 0 aromatic carbocycles. The molecule has 0 aliphatic carbocycles. The molecule has 1 saturated heterocycles. The molecule has 1 aliphatic heterocycles. The Morgan fingerprint density at radius 1 is 1.41 bits per heavy atom. The minimum atomic E-state index is -0.293. The van der Waals surface area contributed by atoms with E-state index in [1.165, 1.54) is 18.3 Å². The summed E-state index contributed by atoms with van der Waals surface area (Å²) in [7, 11) is 0. The third kappa shape index (κ3) is 4.30. The van der Waals surface area contributed by atoms with Gasteiger partial charge in [-0.1, -0.05) is 6.07 Å². The third-order valence-corrected chi connectivity index (χ3v) is 4.88. The lowest BCUT2D eigenvalue weighted by atomic mass is 9.96. The molecule has 0 spiro atoms. The fraction of sp³-hybridized carbons (Fsp3) is 0.533. The molecule has 2 rings (SSSR count). The molecule has 3 N–H and O–H groups in total. The number of hydrogen-bond donors (Lipinski definition) is 2. The summed E-state index contributed by atoms with van der Waals surface area (Å²) in [5.41, 5.74) is 5.30. The number of carbonyl (C=O) groups is 3. The molecule has 22 heavy (non-hydrogen) atoms. The smallest absolute Gasteiger partial charge is 0.225 e. The van der Waals surface area contributed by atoms with Gasteiger partial charge in [0.05, 0.1) is 12.5 Å². The van der Waals surface area contributed by atoms with Gasteiger partial charge in [-0.25, -0.2) is 0 Å². The normalized spacial score (nSPS) is 17.0. The van der Waals surface area contributed by atoms with E-state index in [4.69, 9.17) is 5.73 Å². The fourth-order valence-corrected chi connectivity index (χ4v) is 3.45. The maximum absolute atomic E-state index is 12.4.